The Balaban J connectivity index is 1.91. The predicted molar refractivity (Wildman–Crippen MR) is 116 cm³/mol. The molecule has 0 spiro atoms. The highest BCUT2D eigenvalue weighted by molar-refractivity contribution is 7.15. The number of carbonyl (C=O) groups is 2. The van der Waals surface area contributed by atoms with Gasteiger partial charge in [-0.15, -0.1) is 11.3 Å². The third-order valence-corrected chi connectivity index (χ3v) is 5.18. The number of nitrogens with one attached hydrogen (secondary N) is 1. The van der Waals surface area contributed by atoms with Crippen LogP contribution in [-0.2, 0) is 9.53 Å². The van der Waals surface area contributed by atoms with Crippen LogP contribution in [0.3, 0.4) is 0 Å². The fourth-order valence-electron chi connectivity index (χ4n) is 2.77. The average Bonchev–Trinajstić information content (AvgIpc) is 3.21. The summed E-state index contributed by atoms with van der Waals surface area (Å²) in [5.74, 6) is -0.507. The molecule has 0 bridgehead atoms. The number of methoxy groups -OCH3 is 2. The minimum Gasteiger partial charge on any atom is -0.497 e. The zero-order valence-electron chi connectivity index (χ0n) is 16.3. The van der Waals surface area contributed by atoms with Crippen molar-refractivity contribution >= 4 is 34.3 Å². The quantitative estimate of drug-likeness (QED) is 0.354. The van der Waals surface area contributed by atoms with Gasteiger partial charge in [-0.2, -0.15) is 5.26 Å². The number of carbonyl (C=O) groups excluding carboxylic acids is 2. The molecule has 0 radical (unpaired) electrons. The first-order valence-electron chi connectivity index (χ1n) is 8.89. The Kier molecular flexibility index (Phi) is 6.63. The summed E-state index contributed by atoms with van der Waals surface area (Å²) >= 11 is 1.20. The van der Waals surface area contributed by atoms with Gasteiger partial charge in [0.1, 0.15) is 28.0 Å². The summed E-state index contributed by atoms with van der Waals surface area (Å²) < 4.78 is 10.0. The lowest BCUT2D eigenvalue weighted by Gasteiger charge is -2.07. The number of rotatable bonds is 6. The maximum absolute atomic E-state index is 12.7. The third kappa shape index (κ3) is 4.57. The van der Waals surface area contributed by atoms with E-state index in [1.807, 2.05) is 36.4 Å². The zero-order chi connectivity index (χ0) is 21.5. The van der Waals surface area contributed by atoms with Crippen molar-refractivity contribution in [2.24, 2.45) is 0 Å². The van der Waals surface area contributed by atoms with Gasteiger partial charge in [-0.25, -0.2) is 4.79 Å². The molecule has 0 saturated heterocycles. The summed E-state index contributed by atoms with van der Waals surface area (Å²) in [6, 6.07) is 18.2. The van der Waals surface area contributed by atoms with E-state index in [0.29, 0.717) is 21.9 Å². The van der Waals surface area contributed by atoms with E-state index in [1.54, 1.807) is 36.8 Å². The molecule has 1 amide bonds. The van der Waals surface area contributed by atoms with Gasteiger partial charge in [-0.1, -0.05) is 42.5 Å². The van der Waals surface area contributed by atoms with Gasteiger partial charge in [-0.3, -0.25) is 4.79 Å². The molecule has 7 heteroatoms. The lowest BCUT2D eigenvalue weighted by atomic mass is 10.0. The molecule has 0 atom stereocenters. The lowest BCUT2D eigenvalue weighted by molar-refractivity contribution is -0.112. The molecule has 3 aromatic rings. The van der Waals surface area contributed by atoms with Crippen molar-refractivity contribution < 1.29 is 19.1 Å². The van der Waals surface area contributed by atoms with Crippen LogP contribution in [-0.4, -0.2) is 26.1 Å². The Hall–Kier alpha value is -3.89. The molecule has 2 aromatic carbocycles. The van der Waals surface area contributed by atoms with Gasteiger partial charge in [0.25, 0.3) is 5.91 Å². The molecule has 1 N–H and O–H groups in total. The molecule has 0 fully saturated rings. The molecule has 0 aliphatic carbocycles. The molecule has 6 nitrogen and oxygen atoms in total. The second-order valence-corrected chi connectivity index (χ2v) is 6.99. The minimum atomic E-state index is -0.611. The predicted octanol–water partition coefficient (Wildman–Crippen LogP) is 4.76. The highest BCUT2D eigenvalue weighted by atomic mass is 32.1. The second kappa shape index (κ2) is 9.54. The van der Waals surface area contributed by atoms with Crippen LogP contribution in [0.15, 0.2) is 65.6 Å². The number of hydrogen-bond acceptors (Lipinski definition) is 6. The monoisotopic (exact) mass is 418 g/mol. The number of thiophene rings is 1. The molecule has 1 heterocycles. The van der Waals surface area contributed by atoms with Crippen LogP contribution in [0.4, 0.5) is 5.00 Å². The van der Waals surface area contributed by atoms with E-state index in [2.05, 4.69) is 5.32 Å². The fraction of sp³-hybridized carbons (Fsp3) is 0.0870. The minimum absolute atomic E-state index is 0.0920. The number of nitriles is 1. The largest absolute Gasteiger partial charge is 0.497 e. The summed E-state index contributed by atoms with van der Waals surface area (Å²) in [4.78, 5) is 25.1. The molecule has 0 aliphatic heterocycles. The molecule has 30 heavy (non-hydrogen) atoms. The molecule has 0 saturated carbocycles. The number of hydrogen-bond donors (Lipinski definition) is 1. The van der Waals surface area contributed by atoms with E-state index in [4.69, 9.17) is 9.47 Å². The molecule has 1 aromatic heterocycles. The van der Waals surface area contributed by atoms with Crippen molar-refractivity contribution in [2.45, 2.75) is 0 Å². The Labute approximate surface area is 178 Å². The molecular formula is C23H18N2O4S. The van der Waals surface area contributed by atoms with Gasteiger partial charge in [0, 0.05) is 10.9 Å². The SMILES string of the molecule is COC(=O)c1c(-c2ccccc2)csc1NC(=O)/C(C#N)=C/c1ccc(OC)cc1. The molecular weight excluding hydrogens is 400 g/mol. The topological polar surface area (TPSA) is 88.4 Å². The van der Waals surface area contributed by atoms with E-state index in [9.17, 15) is 14.9 Å². The first-order valence-corrected chi connectivity index (χ1v) is 9.77. The summed E-state index contributed by atoms with van der Waals surface area (Å²) in [6.07, 6.45) is 1.47. The number of benzene rings is 2. The first kappa shape index (κ1) is 20.8. The van der Waals surface area contributed by atoms with Crippen LogP contribution in [0.2, 0.25) is 0 Å². The van der Waals surface area contributed by atoms with Crippen molar-refractivity contribution in [3.63, 3.8) is 0 Å². The average molecular weight is 418 g/mol. The first-order chi connectivity index (χ1) is 14.6. The number of nitrogens with zero attached hydrogens (tertiary/aromatic N) is 1. The van der Waals surface area contributed by atoms with Crippen LogP contribution < -0.4 is 10.1 Å². The van der Waals surface area contributed by atoms with Crippen LogP contribution in [0.5, 0.6) is 5.75 Å². The van der Waals surface area contributed by atoms with Crippen LogP contribution in [0.1, 0.15) is 15.9 Å². The number of amides is 1. The molecule has 150 valence electrons. The van der Waals surface area contributed by atoms with Crippen LogP contribution in [0.25, 0.3) is 17.2 Å². The van der Waals surface area contributed by atoms with Gasteiger partial charge >= 0.3 is 5.97 Å². The summed E-state index contributed by atoms with van der Waals surface area (Å²) in [5, 5.41) is 14.2. The smallest absolute Gasteiger partial charge is 0.341 e. The standard InChI is InChI=1S/C23H18N2O4S/c1-28-18-10-8-15(9-11-18)12-17(13-24)21(26)25-22-20(23(27)29-2)19(14-30-22)16-6-4-3-5-7-16/h3-12,14H,1-2H3,(H,25,26)/b17-12+. The van der Waals surface area contributed by atoms with Gasteiger partial charge in [0.05, 0.1) is 14.2 Å². The number of esters is 1. The lowest BCUT2D eigenvalue weighted by Crippen LogP contribution is -2.15. The number of ether oxygens (including phenoxy) is 2. The summed E-state index contributed by atoms with van der Waals surface area (Å²) in [5.41, 5.74) is 2.31. The van der Waals surface area contributed by atoms with E-state index in [1.165, 1.54) is 24.5 Å². The fourth-order valence-corrected chi connectivity index (χ4v) is 3.72. The third-order valence-electron chi connectivity index (χ3n) is 4.28. The second-order valence-electron chi connectivity index (χ2n) is 6.11. The normalized spacial score (nSPS) is 10.8. The van der Waals surface area contributed by atoms with Gasteiger partial charge < -0.3 is 14.8 Å². The van der Waals surface area contributed by atoms with Crippen LogP contribution >= 0.6 is 11.3 Å². The van der Waals surface area contributed by atoms with Crippen molar-refractivity contribution in [1.82, 2.24) is 0 Å². The van der Waals surface area contributed by atoms with Crippen molar-refractivity contribution in [3.8, 4) is 22.9 Å². The summed E-state index contributed by atoms with van der Waals surface area (Å²) in [6.45, 7) is 0. The Morgan fingerprint density at radius 3 is 2.37 bits per heavy atom. The Morgan fingerprint density at radius 2 is 1.77 bits per heavy atom. The summed E-state index contributed by atoms with van der Waals surface area (Å²) in [7, 11) is 2.84. The Bertz CT molecular complexity index is 1130. The maximum atomic E-state index is 12.7. The zero-order valence-corrected chi connectivity index (χ0v) is 17.2. The maximum Gasteiger partial charge on any atom is 0.341 e. The van der Waals surface area contributed by atoms with E-state index in [0.717, 1.165) is 5.56 Å². The molecule has 0 unspecified atom stereocenters. The van der Waals surface area contributed by atoms with Gasteiger partial charge in [-0.05, 0) is 29.3 Å². The molecule has 0 aliphatic rings. The molecule has 3 rings (SSSR count). The van der Waals surface area contributed by atoms with Crippen LogP contribution in [0, 0.1) is 11.3 Å². The van der Waals surface area contributed by atoms with E-state index >= 15 is 0 Å². The number of anilines is 1. The van der Waals surface area contributed by atoms with Crippen molar-refractivity contribution in [2.75, 3.05) is 19.5 Å². The Morgan fingerprint density at radius 1 is 1.07 bits per heavy atom. The van der Waals surface area contributed by atoms with E-state index < -0.39 is 11.9 Å². The van der Waals surface area contributed by atoms with Gasteiger partial charge in [0.15, 0.2) is 0 Å². The van der Waals surface area contributed by atoms with Crippen molar-refractivity contribution in [3.05, 3.63) is 76.7 Å². The van der Waals surface area contributed by atoms with Gasteiger partial charge in [0.2, 0.25) is 0 Å². The highest BCUT2D eigenvalue weighted by Crippen LogP contribution is 2.36. The van der Waals surface area contributed by atoms with Crippen molar-refractivity contribution in [1.29, 1.82) is 5.26 Å². The highest BCUT2D eigenvalue weighted by Gasteiger charge is 2.23. The van der Waals surface area contributed by atoms with E-state index in [-0.39, 0.29) is 11.1 Å².